The number of amides is 1. The Morgan fingerprint density at radius 1 is 1.08 bits per heavy atom. The summed E-state index contributed by atoms with van der Waals surface area (Å²) in [6.45, 7) is 6.02. The van der Waals surface area contributed by atoms with Crippen LogP contribution in [0.25, 0.3) is 0 Å². The lowest BCUT2D eigenvalue weighted by Gasteiger charge is -2.15. The van der Waals surface area contributed by atoms with Gasteiger partial charge in [-0.25, -0.2) is 0 Å². The summed E-state index contributed by atoms with van der Waals surface area (Å²) < 4.78 is 11.0. The third-order valence-corrected chi connectivity index (χ3v) is 3.32. The molecular formula is C19H24N2O3. The summed E-state index contributed by atoms with van der Waals surface area (Å²) in [4.78, 5) is 12.2. The van der Waals surface area contributed by atoms with Crippen LogP contribution in [-0.4, -0.2) is 25.7 Å². The van der Waals surface area contributed by atoms with Gasteiger partial charge in [0, 0.05) is 0 Å². The van der Waals surface area contributed by atoms with E-state index in [9.17, 15) is 4.79 Å². The van der Waals surface area contributed by atoms with E-state index in [2.05, 4.69) is 10.6 Å². The minimum atomic E-state index is -0.154. The molecule has 0 aliphatic rings. The van der Waals surface area contributed by atoms with E-state index in [1.165, 1.54) is 0 Å². The third kappa shape index (κ3) is 4.91. The second kappa shape index (κ2) is 8.24. The maximum Gasteiger partial charge on any atom is 0.243 e. The number of nitrogens with one attached hydrogen (secondary N) is 2. The molecule has 24 heavy (non-hydrogen) atoms. The molecule has 2 rings (SSSR count). The van der Waals surface area contributed by atoms with Crippen molar-refractivity contribution in [3.63, 3.8) is 0 Å². The molecule has 0 spiro atoms. The summed E-state index contributed by atoms with van der Waals surface area (Å²) in [7, 11) is 1.61. The van der Waals surface area contributed by atoms with E-state index in [-0.39, 0.29) is 18.6 Å². The second-order valence-corrected chi connectivity index (χ2v) is 5.77. The average Bonchev–Trinajstić information content (AvgIpc) is 2.54. The number of hydrogen-bond acceptors (Lipinski definition) is 4. The quantitative estimate of drug-likeness (QED) is 0.811. The van der Waals surface area contributed by atoms with Crippen molar-refractivity contribution in [1.82, 2.24) is 0 Å². The average molecular weight is 328 g/mol. The number of carbonyl (C=O) groups excluding carboxylic acids is 1. The number of carbonyl (C=O) groups is 1. The molecule has 128 valence electrons. The molecule has 0 heterocycles. The van der Waals surface area contributed by atoms with Crippen molar-refractivity contribution in [3.05, 3.63) is 48.0 Å². The molecule has 0 saturated carbocycles. The van der Waals surface area contributed by atoms with E-state index >= 15 is 0 Å². The highest BCUT2D eigenvalue weighted by Crippen LogP contribution is 2.26. The second-order valence-electron chi connectivity index (χ2n) is 5.77. The first-order valence-electron chi connectivity index (χ1n) is 7.93. The van der Waals surface area contributed by atoms with E-state index in [1.54, 1.807) is 7.11 Å². The normalized spacial score (nSPS) is 10.4. The monoisotopic (exact) mass is 328 g/mol. The summed E-state index contributed by atoms with van der Waals surface area (Å²) in [5, 5.41) is 5.98. The van der Waals surface area contributed by atoms with Gasteiger partial charge in [-0.15, -0.1) is 0 Å². The number of methoxy groups -OCH3 is 1. The van der Waals surface area contributed by atoms with Gasteiger partial charge in [-0.1, -0.05) is 18.2 Å². The van der Waals surface area contributed by atoms with Gasteiger partial charge in [0.25, 0.3) is 0 Å². The molecule has 0 saturated heterocycles. The van der Waals surface area contributed by atoms with Crippen LogP contribution in [0.2, 0.25) is 0 Å². The van der Waals surface area contributed by atoms with Crippen molar-refractivity contribution >= 4 is 17.3 Å². The molecule has 2 N–H and O–H groups in total. The van der Waals surface area contributed by atoms with Crippen molar-refractivity contribution in [3.8, 4) is 11.5 Å². The Labute approximate surface area is 143 Å². The van der Waals surface area contributed by atoms with Crippen LogP contribution in [-0.2, 0) is 4.79 Å². The van der Waals surface area contributed by atoms with Gasteiger partial charge in [-0.3, -0.25) is 4.79 Å². The fraction of sp³-hybridized carbons (Fsp3) is 0.316. The Balaban J connectivity index is 2.01. The third-order valence-electron chi connectivity index (χ3n) is 3.32. The number of anilines is 2. The van der Waals surface area contributed by atoms with Gasteiger partial charge in [-0.2, -0.15) is 0 Å². The van der Waals surface area contributed by atoms with Crippen LogP contribution in [0.3, 0.4) is 0 Å². The van der Waals surface area contributed by atoms with Gasteiger partial charge < -0.3 is 20.1 Å². The van der Waals surface area contributed by atoms with Crippen LogP contribution in [0.4, 0.5) is 11.4 Å². The maximum absolute atomic E-state index is 12.2. The van der Waals surface area contributed by atoms with Crippen molar-refractivity contribution in [1.29, 1.82) is 0 Å². The largest absolute Gasteiger partial charge is 0.495 e. The van der Waals surface area contributed by atoms with E-state index < -0.39 is 0 Å². The van der Waals surface area contributed by atoms with Crippen molar-refractivity contribution < 1.29 is 14.3 Å². The van der Waals surface area contributed by atoms with E-state index in [1.807, 2.05) is 63.2 Å². The molecule has 1 amide bonds. The van der Waals surface area contributed by atoms with Crippen LogP contribution >= 0.6 is 0 Å². The molecule has 2 aromatic carbocycles. The summed E-state index contributed by atoms with van der Waals surface area (Å²) in [5.41, 5.74) is 2.54. The number of hydrogen-bond donors (Lipinski definition) is 2. The smallest absolute Gasteiger partial charge is 0.243 e. The topological polar surface area (TPSA) is 59.6 Å². The van der Waals surface area contributed by atoms with Gasteiger partial charge in [0.2, 0.25) is 5.91 Å². The fourth-order valence-corrected chi connectivity index (χ4v) is 2.26. The number of aryl methyl sites for hydroxylation is 1. The molecular weight excluding hydrogens is 304 g/mol. The van der Waals surface area contributed by atoms with Crippen molar-refractivity contribution in [2.75, 3.05) is 24.3 Å². The Kier molecular flexibility index (Phi) is 6.07. The highest BCUT2D eigenvalue weighted by atomic mass is 16.5. The minimum Gasteiger partial charge on any atom is -0.495 e. The standard InChI is InChI=1S/C19H24N2O3/c1-13(2)24-18-8-6-5-7-15(18)21-19(22)12-20-16-11-14(3)9-10-17(16)23-4/h5-11,13,20H,12H2,1-4H3,(H,21,22). The van der Waals surface area contributed by atoms with E-state index in [0.29, 0.717) is 17.2 Å². The molecule has 0 aromatic heterocycles. The van der Waals surface area contributed by atoms with E-state index in [4.69, 9.17) is 9.47 Å². The molecule has 0 unspecified atom stereocenters. The number of para-hydroxylation sites is 2. The summed E-state index contributed by atoms with van der Waals surface area (Å²) in [5.74, 6) is 1.21. The van der Waals surface area contributed by atoms with Gasteiger partial charge >= 0.3 is 0 Å². The highest BCUT2D eigenvalue weighted by Gasteiger charge is 2.10. The number of rotatable bonds is 7. The Bertz CT molecular complexity index is 699. The molecule has 0 bridgehead atoms. The van der Waals surface area contributed by atoms with Gasteiger partial charge in [0.15, 0.2) is 0 Å². The molecule has 0 aliphatic carbocycles. The molecule has 2 aromatic rings. The lowest BCUT2D eigenvalue weighted by molar-refractivity contribution is -0.114. The zero-order valence-electron chi connectivity index (χ0n) is 14.6. The van der Waals surface area contributed by atoms with Gasteiger partial charge in [-0.05, 0) is 50.6 Å². The minimum absolute atomic E-state index is 0.0396. The summed E-state index contributed by atoms with van der Waals surface area (Å²) in [6.07, 6.45) is 0.0396. The number of benzene rings is 2. The van der Waals surface area contributed by atoms with Crippen LogP contribution in [0.15, 0.2) is 42.5 Å². The lowest BCUT2D eigenvalue weighted by atomic mass is 10.2. The fourth-order valence-electron chi connectivity index (χ4n) is 2.26. The first-order valence-corrected chi connectivity index (χ1v) is 7.93. The highest BCUT2D eigenvalue weighted by molar-refractivity contribution is 5.95. The van der Waals surface area contributed by atoms with Crippen molar-refractivity contribution in [2.45, 2.75) is 26.9 Å². The first-order chi connectivity index (χ1) is 11.5. The Hall–Kier alpha value is -2.69. The zero-order valence-corrected chi connectivity index (χ0v) is 14.6. The number of ether oxygens (including phenoxy) is 2. The van der Waals surface area contributed by atoms with Crippen molar-refractivity contribution in [2.24, 2.45) is 0 Å². The van der Waals surface area contributed by atoms with Crippen LogP contribution in [0.1, 0.15) is 19.4 Å². The van der Waals surface area contributed by atoms with Gasteiger partial charge in [0.05, 0.1) is 31.1 Å². The molecule has 0 fully saturated rings. The Morgan fingerprint density at radius 3 is 2.54 bits per heavy atom. The van der Waals surface area contributed by atoms with E-state index in [0.717, 1.165) is 11.3 Å². The predicted molar refractivity (Wildman–Crippen MR) is 97.1 cm³/mol. The summed E-state index contributed by atoms with van der Waals surface area (Å²) in [6, 6.07) is 13.2. The molecule has 5 heteroatoms. The Morgan fingerprint density at radius 2 is 1.83 bits per heavy atom. The SMILES string of the molecule is COc1ccc(C)cc1NCC(=O)Nc1ccccc1OC(C)C. The van der Waals surface area contributed by atoms with Crippen LogP contribution < -0.4 is 20.1 Å². The predicted octanol–water partition coefficient (Wildman–Crippen LogP) is 3.84. The molecule has 0 atom stereocenters. The van der Waals surface area contributed by atoms with Gasteiger partial charge in [0.1, 0.15) is 11.5 Å². The lowest BCUT2D eigenvalue weighted by Crippen LogP contribution is -2.22. The zero-order chi connectivity index (χ0) is 17.5. The summed E-state index contributed by atoms with van der Waals surface area (Å²) >= 11 is 0. The molecule has 5 nitrogen and oxygen atoms in total. The molecule has 0 radical (unpaired) electrons. The van der Waals surface area contributed by atoms with Crippen LogP contribution in [0, 0.1) is 6.92 Å². The maximum atomic E-state index is 12.2. The molecule has 0 aliphatic heterocycles. The van der Waals surface area contributed by atoms with Crippen LogP contribution in [0.5, 0.6) is 11.5 Å². The first kappa shape index (κ1) is 17.7.